The van der Waals surface area contributed by atoms with Gasteiger partial charge in [-0.3, -0.25) is 4.79 Å². The highest BCUT2D eigenvalue weighted by Crippen LogP contribution is 2.31. The van der Waals surface area contributed by atoms with E-state index in [-0.39, 0.29) is 6.42 Å². The number of nitrogens with one attached hydrogen (secondary N) is 1. The Morgan fingerprint density at radius 2 is 1.77 bits per heavy atom. The van der Waals surface area contributed by atoms with Gasteiger partial charge in [0.15, 0.2) is 0 Å². The molecule has 0 unspecified atom stereocenters. The molecule has 206 valence electrons. The summed E-state index contributed by atoms with van der Waals surface area (Å²) in [5.74, 6) is 2.04. The molecule has 5 rings (SSSR count). The summed E-state index contributed by atoms with van der Waals surface area (Å²) in [5.41, 5.74) is 10.2. The summed E-state index contributed by atoms with van der Waals surface area (Å²) in [4.78, 5) is 25.7. The molecule has 0 radical (unpaired) electrons. The number of carbonyl (C=O) groups is 1. The van der Waals surface area contributed by atoms with Crippen LogP contribution in [0.1, 0.15) is 16.7 Å². The Bertz CT molecular complexity index is 1390. The van der Waals surface area contributed by atoms with E-state index in [4.69, 9.17) is 25.2 Å². The molecule has 3 heterocycles. The van der Waals surface area contributed by atoms with Gasteiger partial charge in [0.2, 0.25) is 5.91 Å². The van der Waals surface area contributed by atoms with Crippen molar-refractivity contribution in [1.29, 1.82) is 0 Å². The van der Waals surface area contributed by atoms with Gasteiger partial charge in [-0.25, -0.2) is 9.97 Å². The van der Waals surface area contributed by atoms with Crippen LogP contribution in [0, 0.1) is 0 Å². The van der Waals surface area contributed by atoms with E-state index in [0.717, 1.165) is 58.5 Å². The Hall–Kier alpha value is -4.63. The van der Waals surface area contributed by atoms with Crippen LogP contribution in [0.4, 0.5) is 23.0 Å². The lowest BCUT2D eigenvalue weighted by molar-refractivity contribution is -0.117. The summed E-state index contributed by atoms with van der Waals surface area (Å²) in [6, 6.07) is 24.2. The number of amides is 1. The number of carbonyl (C=O) groups excluding carboxylic acids is 1. The standard InChI is InChI=1S/C31H34N6O3/c1-39-27-10-7-24(8-11-27)22-37(26-9-12-30(35-21-26)36-13-15-40-16-14-36)31-18-28(25(20-34-31)17-29(32)38)33-19-23-5-3-2-4-6-23/h2-12,18,20-21H,13-17,19,22H2,1H3,(H2,32,38)(H,33,34). The van der Waals surface area contributed by atoms with Crippen LogP contribution in [0.25, 0.3) is 0 Å². The van der Waals surface area contributed by atoms with E-state index in [1.807, 2.05) is 60.8 Å². The Morgan fingerprint density at radius 3 is 2.45 bits per heavy atom. The lowest BCUT2D eigenvalue weighted by atomic mass is 10.1. The van der Waals surface area contributed by atoms with Crippen LogP contribution in [0.3, 0.4) is 0 Å². The van der Waals surface area contributed by atoms with E-state index in [2.05, 4.69) is 33.3 Å². The maximum absolute atomic E-state index is 11.8. The average molecular weight is 539 g/mol. The number of nitrogens with zero attached hydrogens (tertiary/aromatic N) is 4. The third kappa shape index (κ3) is 6.86. The summed E-state index contributed by atoms with van der Waals surface area (Å²) >= 11 is 0. The molecule has 9 nitrogen and oxygen atoms in total. The summed E-state index contributed by atoms with van der Waals surface area (Å²) in [7, 11) is 1.66. The number of anilines is 4. The molecule has 4 aromatic rings. The molecular weight excluding hydrogens is 504 g/mol. The molecule has 1 aliphatic rings. The van der Waals surface area contributed by atoms with Crippen LogP contribution in [-0.2, 0) is 29.0 Å². The lowest BCUT2D eigenvalue weighted by Crippen LogP contribution is -2.36. The van der Waals surface area contributed by atoms with Gasteiger partial charge in [-0.15, -0.1) is 0 Å². The molecular formula is C31H34N6O3. The van der Waals surface area contributed by atoms with E-state index in [1.54, 1.807) is 13.3 Å². The van der Waals surface area contributed by atoms with Crippen molar-refractivity contribution >= 4 is 28.9 Å². The van der Waals surface area contributed by atoms with E-state index in [1.165, 1.54) is 0 Å². The van der Waals surface area contributed by atoms with Crippen LogP contribution in [0.5, 0.6) is 5.75 Å². The summed E-state index contributed by atoms with van der Waals surface area (Å²) in [6.07, 6.45) is 3.70. The highest BCUT2D eigenvalue weighted by atomic mass is 16.5. The second kappa shape index (κ2) is 12.9. The predicted molar refractivity (Wildman–Crippen MR) is 157 cm³/mol. The van der Waals surface area contributed by atoms with Gasteiger partial charge in [0.1, 0.15) is 17.4 Å². The van der Waals surface area contributed by atoms with E-state index < -0.39 is 5.91 Å². The first-order valence-electron chi connectivity index (χ1n) is 13.3. The Labute approximate surface area is 234 Å². The quantitative estimate of drug-likeness (QED) is 0.291. The first-order chi connectivity index (χ1) is 19.6. The Kier molecular flexibility index (Phi) is 8.73. The van der Waals surface area contributed by atoms with Gasteiger partial charge in [-0.1, -0.05) is 42.5 Å². The molecule has 1 amide bonds. The molecule has 0 saturated carbocycles. The number of morpholine rings is 1. The molecule has 9 heteroatoms. The van der Waals surface area contributed by atoms with Gasteiger partial charge < -0.3 is 30.3 Å². The molecule has 0 bridgehead atoms. The molecule has 1 saturated heterocycles. The first kappa shape index (κ1) is 27.0. The third-order valence-electron chi connectivity index (χ3n) is 6.82. The smallest absolute Gasteiger partial charge is 0.221 e. The lowest BCUT2D eigenvalue weighted by Gasteiger charge is -2.29. The number of hydrogen-bond acceptors (Lipinski definition) is 8. The van der Waals surface area contributed by atoms with Crippen LogP contribution in [0.15, 0.2) is 85.2 Å². The number of primary amides is 1. The van der Waals surface area contributed by atoms with E-state index in [9.17, 15) is 4.79 Å². The molecule has 2 aromatic carbocycles. The van der Waals surface area contributed by atoms with Crippen molar-refractivity contribution in [1.82, 2.24) is 9.97 Å². The van der Waals surface area contributed by atoms with Crippen molar-refractivity contribution in [2.45, 2.75) is 19.5 Å². The zero-order valence-electron chi connectivity index (χ0n) is 22.6. The van der Waals surface area contributed by atoms with E-state index >= 15 is 0 Å². The van der Waals surface area contributed by atoms with Crippen LogP contribution in [0.2, 0.25) is 0 Å². The molecule has 1 fully saturated rings. The maximum atomic E-state index is 11.8. The second-order valence-corrected chi connectivity index (χ2v) is 9.59. The highest BCUT2D eigenvalue weighted by molar-refractivity contribution is 5.79. The topological polar surface area (TPSA) is 106 Å². The number of rotatable bonds is 11. The third-order valence-corrected chi connectivity index (χ3v) is 6.82. The van der Waals surface area contributed by atoms with E-state index in [0.29, 0.717) is 26.3 Å². The van der Waals surface area contributed by atoms with Crippen molar-refractivity contribution < 1.29 is 14.3 Å². The van der Waals surface area contributed by atoms with Crippen molar-refractivity contribution in [2.75, 3.05) is 48.5 Å². The summed E-state index contributed by atoms with van der Waals surface area (Å²) < 4.78 is 10.8. The fraction of sp³-hybridized carbons (Fsp3) is 0.258. The monoisotopic (exact) mass is 538 g/mol. The van der Waals surface area contributed by atoms with Gasteiger partial charge in [-0.05, 0) is 35.4 Å². The Morgan fingerprint density at radius 1 is 1.00 bits per heavy atom. The zero-order chi connectivity index (χ0) is 27.7. The maximum Gasteiger partial charge on any atom is 0.221 e. The fourth-order valence-corrected chi connectivity index (χ4v) is 4.64. The predicted octanol–water partition coefficient (Wildman–Crippen LogP) is 4.30. The molecule has 0 atom stereocenters. The minimum Gasteiger partial charge on any atom is -0.497 e. The average Bonchev–Trinajstić information content (AvgIpc) is 3.00. The van der Waals surface area contributed by atoms with Crippen LogP contribution >= 0.6 is 0 Å². The van der Waals surface area contributed by atoms with Crippen LogP contribution in [-0.4, -0.2) is 49.3 Å². The minimum atomic E-state index is -0.407. The molecule has 0 spiro atoms. The van der Waals surface area contributed by atoms with Crippen molar-refractivity contribution in [3.63, 3.8) is 0 Å². The normalized spacial score (nSPS) is 13.1. The number of benzene rings is 2. The van der Waals surface area contributed by atoms with Gasteiger partial charge in [0, 0.05) is 49.7 Å². The van der Waals surface area contributed by atoms with Crippen molar-refractivity contribution in [2.24, 2.45) is 5.73 Å². The Balaban J connectivity index is 1.48. The van der Waals surface area contributed by atoms with Gasteiger partial charge in [0.05, 0.1) is 38.6 Å². The molecule has 2 aromatic heterocycles. The molecule has 1 aliphatic heterocycles. The van der Waals surface area contributed by atoms with Crippen molar-refractivity contribution in [3.05, 3.63) is 102 Å². The highest BCUT2D eigenvalue weighted by Gasteiger charge is 2.18. The number of ether oxygens (including phenoxy) is 2. The number of aromatic nitrogens is 2. The fourth-order valence-electron chi connectivity index (χ4n) is 4.64. The number of pyridine rings is 2. The number of methoxy groups -OCH3 is 1. The van der Waals surface area contributed by atoms with Gasteiger partial charge in [-0.2, -0.15) is 0 Å². The van der Waals surface area contributed by atoms with Gasteiger partial charge >= 0.3 is 0 Å². The first-order valence-corrected chi connectivity index (χ1v) is 13.3. The van der Waals surface area contributed by atoms with Crippen LogP contribution < -0.4 is 25.6 Å². The summed E-state index contributed by atoms with van der Waals surface area (Å²) in [6.45, 7) is 4.20. The SMILES string of the molecule is COc1ccc(CN(c2ccc(N3CCOCC3)nc2)c2cc(NCc3ccccc3)c(CC(N)=O)cn2)cc1. The largest absolute Gasteiger partial charge is 0.497 e. The number of hydrogen-bond donors (Lipinski definition) is 2. The van der Waals surface area contributed by atoms with Crippen molar-refractivity contribution in [3.8, 4) is 5.75 Å². The molecule has 0 aliphatic carbocycles. The molecule has 40 heavy (non-hydrogen) atoms. The minimum absolute atomic E-state index is 0.0959. The number of nitrogens with two attached hydrogens (primary N) is 1. The second-order valence-electron chi connectivity index (χ2n) is 9.59. The molecule has 3 N–H and O–H groups in total. The van der Waals surface area contributed by atoms with Gasteiger partial charge in [0.25, 0.3) is 0 Å². The summed E-state index contributed by atoms with van der Waals surface area (Å²) in [5, 5.41) is 3.49. The zero-order valence-corrected chi connectivity index (χ0v) is 22.6.